The van der Waals surface area contributed by atoms with Gasteiger partial charge in [-0.25, -0.2) is 0 Å². The van der Waals surface area contributed by atoms with Crippen molar-refractivity contribution in [1.82, 2.24) is 5.32 Å². The van der Waals surface area contributed by atoms with Gasteiger partial charge in [-0.1, -0.05) is 308 Å². The van der Waals surface area contributed by atoms with E-state index in [0.717, 1.165) is 103 Å². The van der Waals surface area contributed by atoms with Gasteiger partial charge in [0.2, 0.25) is 5.91 Å². The van der Waals surface area contributed by atoms with Crippen LogP contribution in [0.1, 0.15) is 290 Å². The zero-order chi connectivity index (χ0) is 62.1. The van der Waals surface area contributed by atoms with Crippen LogP contribution in [-0.2, 0) is 14.3 Å². The van der Waals surface area contributed by atoms with E-state index in [9.17, 15) is 30.3 Å². The third kappa shape index (κ3) is 52.3. The molecule has 1 saturated heterocycles. The van der Waals surface area contributed by atoms with Gasteiger partial charge in [0, 0.05) is 6.42 Å². The molecule has 0 aromatic carbocycles. The number of ether oxygens (including phenoxy) is 2. The molecule has 1 fully saturated rings. The molecule has 0 spiro atoms. The first-order chi connectivity index (χ1) is 42.3. The molecule has 9 nitrogen and oxygen atoms in total. The first kappa shape index (κ1) is 80.3. The Hall–Kier alpha value is -3.67. The van der Waals surface area contributed by atoms with Gasteiger partial charge in [0.05, 0.1) is 25.4 Å². The topological polar surface area (TPSA) is 149 Å². The highest BCUT2D eigenvalue weighted by Gasteiger charge is 2.44. The van der Waals surface area contributed by atoms with Crippen LogP contribution in [0.5, 0.6) is 0 Å². The second kappa shape index (κ2) is 64.3. The van der Waals surface area contributed by atoms with Crippen molar-refractivity contribution < 1.29 is 39.8 Å². The number of aliphatic hydroxyl groups excluding tert-OH is 5. The van der Waals surface area contributed by atoms with Gasteiger partial charge in [-0.15, -0.1) is 0 Å². The molecule has 7 unspecified atom stereocenters. The highest BCUT2D eigenvalue weighted by atomic mass is 16.7. The monoisotopic (exact) mass is 1200 g/mol. The van der Waals surface area contributed by atoms with Crippen LogP contribution in [0.25, 0.3) is 0 Å². The van der Waals surface area contributed by atoms with Gasteiger partial charge in [-0.2, -0.15) is 0 Å². The molecular formula is C77H131NO8. The summed E-state index contributed by atoms with van der Waals surface area (Å²) in [4.78, 5) is 13.1. The summed E-state index contributed by atoms with van der Waals surface area (Å²) in [6.45, 7) is 3.66. The summed E-state index contributed by atoms with van der Waals surface area (Å²) in [6, 6.07) is -0.840. The average Bonchev–Trinajstić information content (AvgIpc) is 2.44. The minimum absolute atomic E-state index is 0.196. The maximum Gasteiger partial charge on any atom is 0.220 e. The normalized spacial score (nSPS) is 18.9. The van der Waals surface area contributed by atoms with Crippen molar-refractivity contribution in [2.24, 2.45) is 0 Å². The summed E-state index contributed by atoms with van der Waals surface area (Å²) >= 11 is 0. The SMILES string of the molecule is CC/C=C\C/C=C\C/C=C\C/C=C\C/C=C\C/C=C\C/C=C\C/C=C\CCCCCCCCCCCCCCC(=O)NC(COC1OC(CO)C(O)C(O)C1O)C(O)/C=C/CC/C=C/CC/C=C/CCCCCCCCCCCCCCCCCC. The fourth-order valence-corrected chi connectivity index (χ4v) is 10.4. The Bertz CT molecular complexity index is 1820. The van der Waals surface area contributed by atoms with Crippen molar-refractivity contribution in [3.05, 3.63) is 134 Å². The second-order valence-corrected chi connectivity index (χ2v) is 23.9. The number of carbonyl (C=O) groups is 1. The van der Waals surface area contributed by atoms with Crippen LogP contribution in [0, 0.1) is 0 Å². The zero-order valence-electron chi connectivity index (χ0n) is 55.0. The van der Waals surface area contributed by atoms with Crippen LogP contribution in [0.2, 0.25) is 0 Å². The molecule has 0 bridgehead atoms. The van der Waals surface area contributed by atoms with Crippen LogP contribution >= 0.6 is 0 Å². The van der Waals surface area contributed by atoms with Crippen LogP contribution in [-0.4, -0.2) is 87.5 Å². The highest BCUT2D eigenvalue weighted by Crippen LogP contribution is 2.23. The summed E-state index contributed by atoms with van der Waals surface area (Å²) in [6.07, 6.45) is 91.2. The molecule has 0 saturated carbocycles. The molecule has 0 aromatic heterocycles. The summed E-state index contributed by atoms with van der Waals surface area (Å²) in [5, 5.41) is 54.7. The van der Waals surface area contributed by atoms with Crippen molar-refractivity contribution in [1.29, 1.82) is 0 Å². The van der Waals surface area contributed by atoms with Crippen molar-refractivity contribution >= 4 is 5.91 Å². The van der Waals surface area contributed by atoms with Crippen molar-refractivity contribution in [2.45, 2.75) is 333 Å². The summed E-state index contributed by atoms with van der Waals surface area (Å²) in [5.74, 6) is -0.196. The molecular weight excluding hydrogens is 1070 g/mol. The van der Waals surface area contributed by atoms with E-state index in [1.54, 1.807) is 6.08 Å². The fourth-order valence-electron chi connectivity index (χ4n) is 10.4. The first-order valence-corrected chi connectivity index (χ1v) is 35.4. The fraction of sp³-hybridized carbons (Fsp3) is 0.701. The predicted molar refractivity (Wildman–Crippen MR) is 368 cm³/mol. The number of nitrogens with one attached hydrogen (secondary N) is 1. The van der Waals surface area contributed by atoms with Crippen molar-refractivity contribution in [2.75, 3.05) is 13.2 Å². The Morgan fingerprint density at radius 2 is 0.733 bits per heavy atom. The van der Waals surface area contributed by atoms with Gasteiger partial charge in [-0.05, 0) is 109 Å². The van der Waals surface area contributed by atoms with E-state index < -0.39 is 49.5 Å². The molecule has 6 N–H and O–H groups in total. The van der Waals surface area contributed by atoms with Gasteiger partial charge in [0.15, 0.2) is 6.29 Å². The number of aliphatic hydroxyl groups is 5. The molecule has 1 rings (SSSR count). The largest absolute Gasteiger partial charge is 0.394 e. The van der Waals surface area contributed by atoms with Crippen LogP contribution in [0.4, 0.5) is 0 Å². The number of hydrogen-bond acceptors (Lipinski definition) is 8. The minimum atomic E-state index is -1.58. The second-order valence-electron chi connectivity index (χ2n) is 23.9. The number of amides is 1. The average molecular weight is 1200 g/mol. The Labute approximate surface area is 528 Å². The third-order valence-electron chi connectivity index (χ3n) is 15.9. The summed E-state index contributed by atoms with van der Waals surface area (Å²) in [7, 11) is 0. The number of rotatable bonds is 60. The predicted octanol–water partition coefficient (Wildman–Crippen LogP) is 19.6. The van der Waals surface area contributed by atoms with Gasteiger partial charge < -0.3 is 40.3 Å². The lowest BCUT2D eigenvalue weighted by Gasteiger charge is -2.40. The molecule has 0 aliphatic carbocycles. The van der Waals surface area contributed by atoms with E-state index in [1.165, 1.54) is 167 Å². The van der Waals surface area contributed by atoms with Gasteiger partial charge in [-0.3, -0.25) is 4.79 Å². The molecule has 0 radical (unpaired) electrons. The van der Waals surface area contributed by atoms with E-state index >= 15 is 0 Å². The Morgan fingerprint density at radius 3 is 1.12 bits per heavy atom. The zero-order valence-corrected chi connectivity index (χ0v) is 55.0. The maximum absolute atomic E-state index is 13.1. The van der Waals surface area contributed by atoms with Gasteiger partial charge in [0.25, 0.3) is 0 Å². The van der Waals surface area contributed by atoms with E-state index in [0.29, 0.717) is 6.42 Å². The smallest absolute Gasteiger partial charge is 0.220 e. The lowest BCUT2D eigenvalue weighted by Crippen LogP contribution is -2.60. The Balaban J connectivity index is 2.17. The molecule has 86 heavy (non-hydrogen) atoms. The number of unbranched alkanes of at least 4 members (excludes halogenated alkanes) is 30. The lowest BCUT2D eigenvalue weighted by molar-refractivity contribution is -0.302. The highest BCUT2D eigenvalue weighted by molar-refractivity contribution is 5.76. The van der Waals surface area contributed by atoms with Crippen molar-refractivity contribution in [3.63, 3.8) is 0 Å². The van der Waals surface area contributed by atoms with Crippen LogP contribution in [0.15, 0.2) is 134 Å². The molecule has 9 heteroatoms. The summed E-state index contributed by atoms with van der Waals surface area (Å²) < 4.78 is 11.3. The van der Waals surface area contributed by atoms with Crippen molar-refractivity contribution in [3.8, 4) is 0 Å². The molecule has 492 valence electrons. The van der Waals surface area contributed by atoms with Gasteiger partial charge in [0.1, 0.15) is 24.4 Å². The minimum Gasteiger partial charge on any atom is -0.394 e. The molecule has 1 aliphatic rings. The van der Waals surface area contributed by atoms with Gasteiger partial charge >= 0.3 is 0 Å². The van der Waals surface area contributed by atoms with E-state index in [2.05, 4.69) is 141 Å². The Kier molecular flexibility index (Phi) is 60.1. The molecule has 0 aromatic rings. The van der Waals surface area contributed by atoms with Crippen LogP contribution < -0.4 is 5.32 Å². The molecule has 1 heterocycles. The number of hydrogen-bond donors (Lipinski definition) is 6. The standard InChI is InChI=1S/C77H131NO8/c1-3-5-7-9-11-13-15-17-19-21-23-25-27-29-31-32-33-34-35-36-37-38-39-40-41-43-45-47-49-51-53-55-57-59-61-63-65-67-73(81)78-70(69-85-77-76(84)75(83)74(82)72(68-79)86-77)71(80)66-64-62-60-58-56-54-52-50-48-46-44-42-30-28-26-24-22-20-18-16-14-12-10-8-6-4-2/h5,7,11,13,17,19,23,25,29,31,33-34,36-37,39-40,48,50,56,58,64,66,70-72,74-77,79-80,82-84H,3-4,6,8-10,12,14-16,18,20-22,24,26-28,30,32,35,38,41-47,49,51-55,57,59-63,65,67-69H2,1-2H3,(H,78,81)/b7-5-,13-11-,19-17-,25-23-,31-29-,34-33-,37-36-,40-39-,50-48+,58-56+,66-64+. The third-order valence-corrected chi connectivity index (χ3v) is 15.9. The first-order valence-electron chi connectivity index (χ1n) is 35.4. The molecule has 7 atom stereocenters. The maximum atomic E-state index is 13.1. The van der Waals surface area contributed by atoms with E-state index in [1.807, 2.05) is 6.08 Å². The van der Waals surface area contributed by atoms with E-state index in [4.69, 9.17) is 9.47 Å². The number of carbonyl (C=O) groups excluding carboxylic acids is 1. The summed E-state index contributed by atoms with van der Waals surface area (Å²) in [5.41, 5.74) is 0. The molecule has 1 aliphatic heterocycles. The lowest BCUT2D eigenvalue weighted by atomic mass is 9.99. The van der Waals surface area contributed by atoms with Crippen LogP contribution in [0.3, 0.4) is 0 Å². The quantitative estimate of drug-likeness (QED) is 0.0261. The molecule has 1 amide bonds. The Morgan fingerprint density at radius 1 is 0.407 bits per heavy atom. The number of allylic oxidation sites excluding steroid dienone is 21. The van der Waals surface area contributed by atoms with E-state index in [-0.39, 0.29) is 12.5 Å².